The molecule has 0 bridgehead atoms. The fourth-order valence-electron chi connectivity index (χ4n) is 4.95. The van der Waals surface area contributed by atoms with Gasteiger partial charge in [-0.15, -0.1) is 0 Å². The largest absolute Gasteiger partial charge is 0.463 e. The lowest BCUT2D eigenvalue weighted by Crippen LogP contribution is -2.45. The number of hydrogen-bond donors (Lipinski definition) is 2. The van der Waals surface area contributed by atoms with Crippen molar-refractivity contribution in [2.45, 2.75) is 193 Å². The molecule has 0 radical (unpaired) electrons. The van der Waals surface area contributed by atoms with Crippen LogP contribution in [-0.4, -0.2) is 59.6 Å². The second kappa shape index (κ2) is 30.4. The fourth-order valence-corrected chi connectivity index (χ4v) is 4.95. The molecule has 8 nitrogen and oxygen atoms in total. The van der Waals surface area contributed by atoms with Gasteiger partial charge in [0.15, 0.2) is 6.10 Å². The third-order valence-corrected chi connectivity index (χ3v) is 7.83. The van der Waals surface area contributed by atoms with Gasteiger partial charge in [-0.1, -0.05) is 136 Å². The van der Waals surface area contributed by atoms with E-state index in [9.17, 15) is 24.6 Å². The van der Waals surface area contributed by atoms with E-state index in [1.54, 1.807) is 0 Å². The highest BCUT2D eigenvalue weighted by atomic mass is 16.6. The summed E-state index contributed by atoms with van der Waals surface area (Å²) in [7, 11) is 0. The van der Waals surface area contributed by atoms with E-state index in [2.05, 4.69) is 20.8 Å². The molecule has 43 heavy (non-hydrogen) atoms. The molecule has 0 aromatic rings. The highest BCUT2D eigenvalue weighted by Gasteiger charge is 2.31. The number of unbranched alkanes of at least 4 members (excludes halogenated alkanes) is 18. The first-order valence-electron chi connectivity index (χ1n) is 17.7. The second-order valence-electron chi connectivity index (χ2n) is 12.1. The minimum Gasteiger partial charge on any atom is -0.463 e. The van der Waals surface area contributed by atoms with Gasteiger partial charge in [0, 0.05) is 19.3 Å². The molecule has 0 aromatic heterocycles. The Labute approximate surface area is 263 Å². The number of aliphatic hydroxyl groups excluding tert-OH is 2. The van der Waals surface area contributed by atoms with E-state index in [4.69, 9.17) is 14.2 Å². The van der Waals surface area contributed by atoms with Crippen LogP contribution in [0.15, 0.2) is 0 Å². The highest BCUT2D eigenvalue weighted by molar-refractivity contribution is 5.70. The van der Waals surface area contributed by atoms with Crippen LogP contribution >= 0.6 is 0 Å². The molecule has 0 rings (SSSR count). The van der Waals surface area contributed by atoms with Gasteiger partial charge in [-0.3, -0.25) is 14.4 Å². The third kappa shape index (κ3) is 26.5. The van der Waals surface area contributed by atoms with Crippen LogP contribution < -0.4 is 0 Å². The molecule has 0 fully saturated rings. The van der Waals surface area contributed by atoms with Gasteiger partial charge in [-0.2, -0.15) is 0 Å². The Kier molecular flexibility index (Phi) is 29.2. The van der Waals surface area contributed by atoms with Gasteiger partial charge in [0.2, 0.25) is 0 Å². The molecule has 2 N–H and O–H groups in total. The molecular weight excluding hydrogens is 548 g/mol. The standard InChI is InChI=1S/C35H66O8/c1-4-7-10-13-16-19-22-25-32(37)41-28-30(36)35(40)31(43-34(39)27-24-21-18-15-12-9-6-3)29-42-33(38)26-23-20-17-14-11-8-5-2/h30-31,35-36,40H,4-29H2,1-3H3/t30-,31+,35+/m1/s1. The molecule has 0 saturated heterocycles. The molecule has 0 heterocycles. The van der Waals surface area contributed by atoms with Gasteiger partial charge in [0.25, 0.3) is 0 Å². The highest BCUT2D eigenvalue weighted by Crippen LogP contribution is 2.14. The Balaban J connectivity index is 4.65. The van der Waals surface area contributed by atoms with Gasteiger partial charge in [-0.05, 0) is 19.3 Å². The Morgan fingerprint density at radius 1 is 0.465 bits per heavy atom. The Morgan fingerprint density at radius 2 is 0.791 bits per heavy atom. The van der Waals surface area contributed by atoms with Crippen LogP contribution in [0.5, 0.6) is 0 Å². The lowest BCUT2D eigenvalue weighted by Gasteiger charge is -2.26. The molecule has 0 aliphatic rings. The molecule has 0 saturated carbocycles. The molecule has 0 aliphatic carbocycles. The summed E-state index contributed by atoms with van der Waals surface area (Å²) in [6.07, 6.45) is 18.9. The van der Waals surface area contributed by atoms with Gasteiger partial charge in [-0.25, -0.2) is 0 Å². The number of esters is 3. The Bertz CT molecular complexity index is 668. The van der Waals surface area contributed by atoms with Crippen LogP contribution in [0.1, 0.15) is 175 Å². The monoisotopic (exact) mass is 614 g/mol. The number of hydrogen-bond acceptors (Lipinski definition) is 8. The minimum atomic E-state index is -1.56. The van der Waals surface area contributed by atoms with Crippen molar-refractivity contribution in [2.75, 3.05) is 13.2 Å². The summed E-state index contributed by atoms with van der Waals surface area (Å²) < 4.78 is 16.0. The smallest absolute Gasteiger partial charge is 0.306 e. The summed E-state index contributed by atoms with van der Waals surface area (Å²) in [6.45, 7) is 5.74. The maximum atomic E-state index is 12.5. The normalized spacial score (nSPS) is 13.3. The van der Waals surface area contributed by atoms with Crippen LogP contribution in [-0.2, 0) is 28.6 Å². The van der Waals surface area contributed by atoms with Crippen molar-refractivity contribution in [3.05, 3.63) is 0 Å². The number of carbonyl (C=O) groups excluding carboxylic acids is 3. The van der Waals surface area contributed by atoms with Crippen molar-refractivity contribution in [3.63, 3.8) is 0 Å². The number of aliphatic hydroxyl groups is 2. The molecule has 0 aromatic carbocycles. The zero-order chi connectivity index (χ0) is 32.0. The second-order valence-corrected chi connectivity index (χ2v) is 12.1. The SMILES string of the molecule is CCCCCCCCCC(=O)OC[C@@H](O)[C@H](O)[C@H](COC(=O)CCCCCCCCC)OC(=O)CCCCCCCCC. The van der Waals surface area contributed by atoms with Crippen molar-refractivity contribution in [1.29, 1.82) is 0 Å². The van der Waals surface area contributed by atoms with Crippen LogP contribution in [0, 0.1) is 0 Å². The van der Waals surface area contributed by atoms with Crippen molar-refractivity contribution in [3.8, 4) is 0 Å². The third-order valence-electron chi connectivity index (χ3n) is 7.83. The van der Waals surface area contributed by atoms with E-state index in [0.29, 0.717) is 12.8 Å². The number of ether oxygens (including phenoxy) is 3. The number of rotatable bonds is 31. The predicted molar refractivity (Wildman–Crippen MR) is 172 cm³/mol. The maximum absolute atomic E-state index is 12.5. The first-order chi connectivity index (χ1) is 20.8. The van der Waals surface area contributed by atoms with Gasteiger partial charge >= 0.3 is 17.9 Å². The molecule has 0 amide bonds. The average molecular weight is 615 g/mol. The number of carbonyl (C=O) groups is 3. The summed E-state index contributed by atoms with van der Waals surface area (Å²) >= 11 is 0. The molecule has 3 atom stereocenters. The first kappa shape index (κ1) is 41.3. The van der Waals surface area contributed by atoms with E-state index in [-0.39, 0.29) is 25.9 Å². The van der Waals surface area contributed by atoms with E-state index in [1.807, 2.05) is 0 Å². The zero-order valence-electron chi connectivity index (χ0n) is 28.0. The Hall–Kier alpha value is -1.67. The van der Waals surface area contributed by atoms with Crippen molar-refractivity contribution < 1.29 is 38.8 Å². The van der Waals surface area contributed by atoms with Crippen molar-refractivity contribution >= 4 is 17.9 Å². The predicted octanol–water partition coefficient (Wildman–Crippen LogP) is 8.13. The molecule has 0 aliphatic heterocycles. The van der Waals surface area contributed by atoms with E-state index >= 15 is 0 Å². The first-order valence-corrected chi connectivity index (χ1v) is 17.7. The maximum Gasteiger partial charge on any atom is 0.306 e. The van der Waals surface area contributed by atoms with Crippen LogP contribution in [0.4, 0.5) is 0 Å². The average Bonchev–Trinajstić information content (AvgIpc) is 3.00. The molecule has 8 heteroatoms. The molecule has 254 valence electrons. The molecular formula is C35H66O8. The molecule has 0 unspecified atom stereocenters. The van der Waals surface area contributed by atoms with Crippen LogP contribution in [0.25, 0.3) is 0 Å². The van der Waals surface area contributed by atoms with Crippen LogP contribution in [0.3, 0.4) is 0 Å². The minimum absolute atomic E-state index is 0.187. The quantitative estimate of drug-likeness (QED) is 0.0456. The summed E-state index contributed by atoms with van der Waals surface area (Å²) in [5, 5.41) is 21.3. The summed E-state index contributed by atoms with van der Waals surface area (Å²) in [6, 6.07) is 0. The summed E-state index contributed by atoms with van der Waals surface area (Å²) in [5.74, 6) is -1.37. The van der Waals surface area contributed by atoms with Crippen molar-refractivity contribution in [2.24, 2.45) is 0 Å². The van der Waals surface area contributed by atoms with Gasteiger partial charge < -0.3 is 24.4 Å². The Morgan fingerprint density at radius 3 is 1.19 bits per heavy atom. The lowest BCUT2D eigenvalue weighted by atomic mass is 10.1. The van der Waals surface area contributed by atoms with Crippen molar-refractivity contribution in [1.82, 2.24) is 0 Å². The topological polar surface area (TPSA) is 119 Å². The van der Waals surface area contributed by atoms with Gasteiger partial charge in [0.05, 0.1) is 0 Å². The molecule has 0 spiro atoms. The lowest BCUT2D eigenvalue weighted by molar-refractivity contribution is -0.176. The van der Waals surface area contributed by atoms with E-state index < -0.39 is 42.8 Å². The fraction of sp³-hybridized carbons (Fsp3) is 0.914. The van der Waals surface area contributed by atoms with E-state index in [1.165, 1.54) is 57.8 Å². The van der Waals surface area contributed by atoms with E-state index in [0.717, 1.165) is 64.2 Å². The summed E-state index contributed by atoms with van der Waals surface area (Å²) in [4.78, 5) is 37.0. The van der Waals surface area contributed by atoms with Crippen LogP contribution in [0.2, 0.25) is 0 Å². The zero-order valence-corrected chi connectivity index (χ0v) is 28.0. The summed E-state index contributed by atoms with van der Waals surface area (Å²) in [5.41, 5.74) is 0. The van der Waals surface area contributed by atoms with Gasteiger partial charge in [0.1, 0.15) is 25.4 Å².